The third-order valence-electron chi connectivity index (χ3n) is 3.48. The number of hydrogen-bond donors (Lipinski definition) is 2. The molecule has 0 aliphatic heterocycles. The van der Waals surface area contributed by atoms with E-state index in [0.717, 1.165) is 16.9 Å². The number of methoxy groups -OCH3 is 1. The summed E-state index contributed by atoms with van der Waals surface area (Å²) in [5, 5.41) is 0. The lowest BCUT2D eigenvalue weighted by molar-refractivity contribution is 0.397. The predicted octanol–water partition coefficient (Wildman–Crippen LogP) is 3.71. The van der Waals surface area contributed by atoms with Crippen LogP contribution in [-0.2, 0) is 5.41 Å². The van der Waals surface area contributed by atoms with Gasteiger partial charge in [0.15, 0.2) is 0 Å². The Bertz CT molecular complexity index is 824. The fourth-order valence-electron chi connectivity index (χ4n) is 2.37. The van der Waals surface area contributed by atoms with Crippen molar-refractivity contribution in [3.8, 4) is 16.9 Å². The summed E-state index contributed by atoms with van der Waals surface area (Å²) in [6.45, 7) is 14.0. The van der Waals surface area contributed by atoms with Gasteiger partial charge in [0, 0.05) is 17.3 Å². The first-order valence-corrected chi connectivity index (χ1v) is 7.95. The summed E-state index contributed by atoms with van der Waals surface area (Å²) in [7, 11) is 1.62. The largest absolute Gasteiger partial charge is 0.496 e. The second-order valence-electron chi connectivity index (χ2n) is 6.09. The molecule has 0 aliphatic carbocycles. The Kier molecular flexibility index (Phi) is 6.35. The zero-order valence-corrected chi connectivity index (χ0v) is 15.2. The Morgan fingerprint density at radius 2 is 1.79 bits per heavy atom. The van der Waals surface area contributed by atoms with Gasteiger partial charge in [-0.15, -0.1) is 0 Å². The summed E-state index contributed by atoms with van der Waals surface area (Å²) >= 11 is 0. The molecule has 0 atom stereocenters. The Morgan fingerprint density at radius 1 is 1.17 bits per heavy atom. The highest BCUT2D eigenvalue weighted by molar-refractivity contribution is 5.72. The van der Waals surface area contributed by atoms with E-state index in [-0.39, 0.29) is 5.41 Å². The van der Waals surface area contributed by atoms with Gasteiger partial charge in [0.05, 0.1) is 12.7 Å². The van der Waals surface area contributed by atoms with Gasteiger partial charge in [0.25, 0.3) is 5.56 Å². The zero-order valence-electron chi connectivity index (χ0n) is 15.2. The van der Waals surface area contributed by atoms with Crippen LogP contribution < -0.4 is 16.0 Å². The summed E-state index contributed by atoms with van der Waals surface area (Å²) in [6, 6.07) is 3.73. The SMILES string of the molecule is C=Cc1cc(-c2c[nH]c(=O)[nH]c2=O)cc(C(C)(C)C)c1OC.CC. The van der Waals surface area contributed by atoms with Gasteiger partial charge in [-0.25, -0.2) is 4.79 Å². The summed E-state index contributed by atoms with van der Waals surface area (Å²) in [4.78, 5) is 27.9. The van der Waals surface area contributed by atoms with Crippen molar-refractivity contribution < 1.29 is 4.74 Å². The van der Waals surface area contributed by atoms with E-state index < -0.39 is 11.2 Å². The molecule has 5 nitrogen and oxygen atoms in total. The Labute approximate surface area is 142 Å². The smallest absolute Gasteiger partial charge is 0.325 e. The molecule has 0 amide bonds. The third kappa shape index (κ3) is 4.04. The molecule has 24 heavy (non-hydrogen) atoms. The van der Waals surface area contributed by atoms with E-state index in [1.54, 1.807) is 13.2 Å². The van der Waals surface area contributed by atoms with Gasteiger partial charge in [-0.3, -0.25) is 9.78 Å². The van der Waals surface area contributed by atoms with Crippen molar-refractivity contribution in [3.63, 3.8) is 0 Å². The van der Waals surface area contributed by atoms with Crippen LogP contribution in [0.3, 0.4) is 0 Å². The minimum atomic E-state index is -0.526. The molecule has 2 N–H and O–H groups in total. The molecular weight excluding hydrogens is 304 g/mol. The Morgan fingerprint density at radius 3 is 2.25 bits per heavy atom. The molecular formula is C19H26N2O3. The molecule has 0 bridgehead atoms. The summed E-state index contributed by atoms with van der Waals surface area (Å²) < 4.78 is 5.52. The van der Waals surface area contributed by atoms with E-state index in [1.807, 2.05) is 26.0 Å². The lowest BCUT2D eigenvalue weighted by Crippen LogP contribution is -2.23. The van der Waals surface area contributed by atoms with E-state index in [0.29, 0.717) is 11.1 Å². The number of H-pyrrole nitrogens is 2. The second-order valence-corrected chi connectivity index (χ2v) is 6.09. The van der Waals surface area contributed by atoms with Crippen LogP contribution in [0.15, 0.2) is 34.5 Å². The van der Waals surface area contributed by atoms with Gasteiger partial charge < -0.3 is 9.72 Å². The van der Waals surface area contributed by atoms with Gasteiger partial charge in [0.1, 0.15) is 5.75 Å². The van der Waals surface area contributed by atoms with Crippen molar-refractivity contribution >= 4 is 6.08 Å². The van der Waals surface area contributed by atoms with Gasteiger partial charge in [-0.05, 0) is 23.1 Å². The Hall–Kier alpha value is -2.56. The van der Waals surface area contributed by atoms with Crippen LogP contribution in [-0.4, -0.2) is 17.1 Å². The first-order chi connectivity index (χ1) is 11.3. The molecule has 1 aromatic carbocycles. The maximum absolute atomic E-state index is 12.0. The molecule has 0 aliphatic rings. The first-order valence-electron chi connectivity index (χ1n) is 7.95. The number of rotatable bonds is 3. The van der Waals surface area contributed by atoms with Gasteiger partial charge in [-0.1, -0.05) is 47.3 Å². The number of benzene rings is 1. The average Bonchev–Trinajstić information content (AvgIpc) is 2.54. The topological polar surface area (TPSA) is 75.0 Å². The van der Waals surface area contributed by atoms with Crippen molar-refractivity contribution in [1.82, 2.24) is 9.97 Å². The van der Waals surface area contributed by atoms with E-state index >= 15 is 0 Å². The molecule has 2 rings (SSSR count). The van der Waals surface area contributed by atoms with Crippen LogP contribution >= 0.6 is 0 Å². The number of aromatic amines is 2. The molecule has 0 saturated heterocycles. The van der Waals surface area contributed by atoms with Crippen molar-refractivity contribution in [2.75, 3.05) is 7.11 Å². The van der Waals surface area contributed by atoms with Crippen molar-refractivity contribution in [1.29, 1.82) is 0 Å². The number of hydrogen-bond acceptors (Lipinski definition) is 3. The number of ether oxygens (including phenoxy) is 1. The molecule has 5 heteroatoms. The van der Waals surface area contributed by atoms with Crippen molar-refractivity contribution in [3.05, 3.63) is 56.9 Å². The van der Waals surface area contributed by atoms with Crippen LogP contribution in [0.4, 0.5) is 0 Å². The maximum Gasteiger partial charge on any atom is 0.325 e. The lowest BCUT2D eigenvalue weighted by atomic mass is 9.83. The normalized spacial score (nSPS) is 10.6. The quantitative estimate of drug-likeness (QED) is 0.901. The maximum atomic E-state index is 12.0. The summed E-state index contributed by atoms with van der Waals surface area (Å²) in [5.74, 6) is 0.743. The summed E-state index contributed by atoms with van der Waals surface area (Å²) in [5.41, 5.74) is 1.75. The van der Waals surface area contributed by atoms with Crippen LogP contribution in [0.2, 0.25) is 0 Å². The fourth-order valence-corrected chi connectivity index (χ4v) is 2.37. The van der Waals surface area contributed by atoms with Gasteiger partial charge in [-0.2, -0.15) is 0 Å². The molecule has 0 unspecified atom stereocenters. The van der Waals surface area contributed by atoms with E-state index in [9.17, 15) is 9.59 Å². The highest BCUT2D eigenvalue weighted by atomic mass is 16.5. The Balaban J connectivity index is 0.00000139. The van der Waals surface area contributed by atoms with Gasteiger partial charge in [0.2, 0.25) is 0 Å². The number of nitrogens with one attached hydrogen (secondary N) is 2. The highest BCUT2D eigenvalue weighted by Gasteiger charge is 2.22. The fraction of sp³-hybridized carbons (Fsp3) is 0.368. The van der Waals surface area contributed by atoms with Crippen molar-refractivity contribution in [2.45, 2.75) is 40.0 Å². The molecule has 0 fully saturated rings. The highest BCUT2D eigenvalue weighted by Crippen LogP contribution is 2.37. The van der Waals surface area contributed by atoms with Crippen LogP contribution in [0.5, 0.6) is 5.75 Å². The predicted molar refractivity (Wildman–Crippen MR) is 99.8 cm³/mol. The molecule has 1 aromatic heterocycles. The van der Waals surface area contributed by atoms with E-state index in [4.69, 9.17) is 4.74 Å². The minimum absolute atomic E-state index is 0.173. The standard InChI is InChI=1S/C17H20N2O3.C2H6/c1-6-10-7-11(12-9-18-16(21)19-15(12)20)8-13(14(10)22-5)17(2,3)4;1-2/h6-9H,1H2,2-5H3,(H2,18,19,20,21);1-2H3. The molecule has 130 valence electrons. The van der Waals surface area contributed by atoms with Crippen molar-refractivity contribution in [2.24, 2.45) is 0 Å². The molecule has 0 radical (unpaired) electrons. The van der Waals surface area contributed by atoms with Crippen LogP contribution in [0.1, 0.15) is 45.7 Å². The van der Waals surface area contributed by atoms with Gasteiger partial charge >= 0.3 is 5.69 Å². The monoisotopic (exact) mass is 330 g/mol. The lowest BCUT2D eigenvalue weighted by Gasteiger charge is -2.24. The average molecular weight is 330 g/mol. The van der Waals surface area contributed by atoms with E-state index in [2.05, 4.69) is 37.3 Å². The molecule has 0 spiro atoms. The third-order valence-corrected chi connectivity index (χ3v) is 3.48. The van der Waals surface area contributed by atoms with Crippen LogP contribution in [0, 0.1) is 0 Å². The zero-order chi connectivity index (χ0) is 18.5. The van der Waals surface area contributed by atoms with Crippen LogP contribution in [0.25, 0.3) is 17.2 Å². The summed E-state index contributed by atoms with van der Waals surface area (Å²) in [6.07, 6.45) is 3.11. The minimum Gasteiger partial charge on any atom is -0.496 e. The molecule has 1 heterocycles. The van der Waals surface area contributed by atoms with E-state index in [1.165, 1.54) is 6.20 Å². The first kappa shape index (κ1) is 19.5. The molecule has 2 aromatic rings. The second kappa shape index (κ2) is 7.81. The molecule has 0 saturated carbocycles. The number of aromatic nitrogens is 2.